The predicted molar refractivity (Wildman–Crippen MR) is 79.5 cm³/mol. The zero-order valence-electron chi connectivity index (χ0n) is 11.3. The molecular weight excluding hydrogens is 288 g/mol. The van der Waals surface area contributed by atoms with E-state index in [0.717, 1.165) is 22.4 Å². The maximum absolute atomic E-state index is 10.9. The van der Waals surface area contributed by atoms with Crippen LogP contribution in [0.4, 0.5) is 0 Å². The topological polar surface area (TPSA) is 20.2 Å². The monoisotopic (exact) mass is 310 g/mol. The molecule has 2 heteroatoms. The van der Waals surface area contributed by atoms with Crippen molar-refractivity contribution in [3.05, 3.63) is 34.3 Å². The highest BCUT2D eigenvalue weighted by molar-refractivity contribution is 9.10. The van der Waals surface area contributed by atoms with E-state index in [1.54, 1.807) is 0 Å². The molecular formula is C16H23BrO. The van der Waals surface area contributed by atoms with Crippen LogP contribution in [0.15, 0.2) is 28.7 Å². The van der Waals surface area contributed by atoms with Crippen LogP contribution in [-0.4, -0.2) is 5.11 Å². The number of hydrogen-bond acceptors (Lipinski definition) is 1. The molecule has 0 radical (unpaired) electrons. The van der Waals surface area contributed by atoms with E-state index in [0.29, 0.717) is 5.92 Å². The van der Waals surface area contributed by atoms with E-state index in [1.165, 1.54) is 25.7 Å². The van der Waals surface area contributed by atoms with Crippen LogP contribution in [0.1, 0.15) is 51.5 Å². The van der Waals surface area contributed by atoms with Gasteiger partial charge in [-0.3, -0.25) is 0 Å². The highest BCUT2D eigenvalue weighted by atomic mass is 79.9. The van der Waals surface area contributed by atoms with Crippen LogP contribution in [0.3, 0.4) is 0 Å². The van der Waals surface area contributed by atoms with Gasteiger partial charge in [-0.1, -0.05) is 54.2 Å². The molecule has 1 aliphatic rings. The average Bonchev–Trinajstić information content (AvgIpc) is 2.39. The zero-order chi connectivity index (χ0) is 13.2. The van der Waals surface area contributed by atoms with Crippen LogP contribution in [0.25, 0.3) is 0 Å². The van der Waals surface area contributed by atoms with E-state index in [9.17, 15) is 5.11 Å². The van der Waals surface area contributed by atoms with E-state index in [2.05, 4.69) is 22.9 Å². The Hall–Kier alpha value is -0.340. The van der Waals surface area contributed by atoms with E-state index in [1.807, 2.05) is 31.2 Å². The minimum Gasteiger partial charge on any atom is -0.385 e. The molecule has 2 rings (SSSR count). The lowest BCUT2D eigenvalue weighted by atomic mass is 9.70. The smallest absolute Gasteiger partial charge is 0.0896 e. The Morgan fingerprint density at radius 3 is 2.56 bits per heavy atom. The highest BCUT2D eigenvalue weighted by Crippen LogP contribution is 2.42. The van der Waals surface area contributed by atoms with Crippen molar-refractivity contribution >= 4 is 15.9 Å². The summed E-state index contributed by atoms with van der Waals surface area (Å²) in [7, 11) is 0. The standard InChI is InChI=1S/C16H23BrO/c1-3-12-5-4-6-14(11-12)16(2,18)13-7-9-15(17)10-8-13/h7-10,12,14,18H,3-6,11H2,1-2H3. The van der Waals surface area contributed by atoms with E-state index in [4.69, 9.17) is 0 Å². The molecule has 1 saturated carbocycles. The van der Waals surface area contributed by atoms with Crippen LogP contribution in [0.5, 0.6) is 0 Å². The molecule has 100 valence electrons. The minimum atomic E-state index is -0.686. The third kappa shape index (κ3) is 2.97. The van der Waals surface area contributed by atoms with Gasteiger partial charge in [-0.2, -0.15) is 0 Å². The third-order valence-electron chi connectivity index (χ3n) is 4.58. The Morgan fingerprint density at radius 1 is 1.28 bits per heavy atom. The van der Waals surface area contributed by atoms with Crippen molar-refractivity contribution in [3.63, 3.8) is 0 Å². The van der Waals surface area contributed by atoms with Crippen LogP contribution in [0.2, 0.25) is 0 Å². The summed E-state index contributed by atoms with van der Waals surface area (Å²) in [6.45, 7) is 4.25. The summed E-state index contributed by atoms with van der Waals surface area (Å²) in [5.41, 5.74) is 0.363. The first-order valence-electron chi connectivity index (χ1n) is 7.02. The van der Waals surface area contributed by atoms with Gasteiger partial charge in [-0.05, 0) is 49.3 Å². The zero-order valence-corrected chi connectivity index (χ0v) is 12.9. The number of benzene rings is 1. The van der Waals surface area contributed by atoms with Gasteiger partial charge in [0, 0.05) is 4.47 Å². The molecule has 1 N–H and O–H groups in total. The summed E-state index contributed by atoms with van der Waals surface area (Å²) in [6.07, 6.45) is 6.16. The molecule has 3 unspecified atom stereocenters. The van der Waals surface area contributed by atoms with Crippen molar-refractivity contribution in [1.82, 2.24) is 0 Å². The van der Waals surface area contributed by atoms with Crippen LogP contribution in [-0.2, 0) is 5.60 Å². The molecule has 1 nitrogen and oxygen atoms in total. The van der Waals surface area contributed by atoms with Crippen molar-refractivity contribution in [1.29, 1.82) is 0 Å². The minimum absolute atomic E-state index is 0.400. The van der Waals surface area contributed by atoms with Crippen LogP contribution < -0.4 is 0 Å². The molecule has 0 saturated heterocycles. The van der Waals surface area contributed by atoms with Gasteiger partial charge in [0.15, 0.2) is 0 Å². The van der Waals surface area contributed by atoms with Gasteiger partial charge in [0.1, 0.15) is 0 Å². The van der Waals surface area contributed by atoms with Crippen LogP contribution in [0, 0.1) is 11.8 Å². The predicted octanol–water partition coefficient (Wildman–Crippen LogP) is 4.87. The maximum Gasteiger partial charge on any atom is 0.0896 e. The number of rotatable bonds is 3. The second kappa shape index (κ2) is 5.75. The molecule has 3 atom stereocenters. The first-order chi connectivity index (χ1) is 8.54. The molecule has 0 amide bonds. The van der Waals surface area contributed by atoms with Gasteiger partial charge in [-0.25, -0.2) is 0 Å². The highest BCUT2D eigenvalue weighted by Gasteiger charge is 2.36. The maximum atomic E-state index is 10.9. The normalized spacial score (nSPS) is 27.8. The second-order valence-corrected chi connectivity index (χ2v) is 6.71. The fourth-order valence-electron chi connectivity index (χ4n) is 3.20. The Balaban J connectivity index is 2.16. The quantitative estimate of drug-likeness (QED) is 0.844. The Bertz CT molecular complexity index is 383. The second-order valence-electron chi connectivity index (χ2n) is 5.79. The summed E-state index contributed by atoms with van der Waals surface area (Å²) in [5, 5.41) is 10.9. The van der Waals surface area contributed by atoms with Gasteiger partial charge in [0.25, 0.3) is 0 Å². The van der Waals surface area contributed by atoms with Gasteiger partial charge >= 0.3 is 0 Å². The first-order valence-corrected chi connectivity index (χ1v) is 7.81. The molecule has 1 aliphatic carbocycles. The van der Waals surface area contributed by atoms with E-state index >= 15 is 0 Å². The van der Waals surface area contributed by atoms with Gasteiger partial charge < -0.3 is 5.11 Å². The molecule has 1 aromatic rings. The fourth-order valence-corrected chi connectivity index (χ4v) is 3.46. The van der Waals surface area contributed by atoms with Crippen molar-refractivity contribution in [2.24, 2.45) is 11.8 Å². The van der Waals surface area contributed by atoms with Crippen molar-refractivity contribution < 1.29 is 5.11 Å². The van der Waals surface area contributed by atoms with Crippen molar-refractivity contribution in [3.8, 4) is 0 Å². The lowest BCUT2D eigenvalue weighted by Crippen LogP contribution is -2.35. The van der Waals surface area contributed by atoms with Gasteiger partial charge in [0.05, 0.1) is 5.60 Å². The Morgan fingerprint density at radius 2 is 1.94 bits per heavy atom. The summed E-state index contributed by atoms with van der Waals surface area (Å²) < 4.78 is 1.07. The molecule has 1 fully saturated rings. The van der Waals surface area contributed by atoms with Crippen molar-refractivity contribution in [2.45, 2.75) is 51.6 Å². The molecule has 0 spiro atoms. The largest absolute Gasteiger partial charge is 0.385 e. The molecule has 1 aromatic carbocycles. The van der Waals surface area contributed by atoms with Gasteiger partial charge in [-0.15, -0.1) is 0 Å². The summed E-state index contributed by atoms with van der Waals surface area (Å²) in [4.78, 5) is 0. The summed E-state index contributed by atoms with van der Waals surface area (Å²) in [5.74, 6) is 1.20. The number of aliphatic hydroxyl groups is 1. The lowest BCUT2D eigenvalue weighted by molar-refractivity contribution is -0.0312. The van der Waals surface area contributed by atoms with Gasteiger partial charge in [0.2, 0.25) is 0 Å². The lowest BCUT2D eigenvalue weighted by Gasteiger charge is -2.39. The average molecular weight is 311 g/mol. The Labute approximate surface area is 119 Å². The molecule has 0 aliphatic heterocycles. The number of hydrogen-bond donors (Lipinski definition) is 1. The summed E-state index contributed by atoms with van der Waals surface area (Å²) in [6, 6.07) is 8.12. The SMILES string of the molecule is CCC1CCCC(C(C)(O)c2ccc(Br)cc2)C1. The number of halogens is 1. The fraction of sp³-hybridized carbons (Fsp3) is 0.625. The van der Waals surface area contributed by atoms with Crippen LogP contribution >= 0.6 is 15.9 Å². The molecule has 0 aromatic heterocycles. The van der Waals surface area contributed by atoms with E-state index in [-0.39, 0.29) is 0 Å². The molecule has 0 heterocycles. The molecule has 0 bridgehead atoms. The Kier molecular flexibility index (Phi) is 4.50. The third-order valence-corrected chi connectivity index (χ3v) is 5.11. The van der Waals surface area contributed by atoms with Crippen molar-refractivity contribution in [2.75, 3.05) is 0 Å². The molecule has 18 heavy (non-hydrogen) atoms. The first kappa shape index (κ1) is 14.1. The summed E-state index contributed by atoms with van der Waals surface area (Å²) >= 11 is 3.45. The van der Waals surface area contributed by atoms with E-state index < -0.39 is 5.60 Å².